The van der Waals surface area contributed by atoms with E-state index in [9.17, 15) is 14.9 Å². The second-order valence-corrected chi connectivity index (χ2v) is 10.2. The molecule has 39 heavy (non-hydrogen) atoms. The first kappa shape index (κ1) is 27.2. The van der Waals surface area contributed by atoms with Gasteiger partial charge < -0.3 is 20.3 Å². The van der Waals surface area contributed by atoms with E-state index in [1.807, 2.05) is 94.4 Å². The number of fused-ring (bicyclic) bond motifs is 1. The number of para-hydroxylation sites is 4. The zero-order chi connectivity index (χ0) is 28.0. The smallest absolute Gasteiger partial charge is 0.407 e. The van der Waals surface area contributed by atoms with Gasteiger partial charge in [0.15, 0.2) is 0 Å². The van der Waals surface area contributed by atoms with Crippen LogP contribution in [0.25, 0.3) is 16.6 Å². The molecule has 9 nitrogen and oxygen atoms in total. The molecule has 0 bridgehead atoms. The lowest BCUT2D eigenvalue weighted by molar-refractivity contribution is -0.107. The molecule has 0 aliphatic heterocycles. The molecule has 1 unspecified atom stereocenters. The van der Waals surface area contributed by atoms with E-state index in [-0.39, 0.29) is 12.6 Å². The van der Waals surface area contributed by atoms with Gasteiger partial charge >= 0.3 is 6.09 Å². The summed E-state index contributed by atoms with van der Waals surface area (Å²) in [5, 5.41) is 21.5. The lowest BCUT2D eigenvalue weighted by Crippen LogP contribution is -2.40. The fourth-order valence-corrected chi connectivity index (χ4v) is 4.22. The molecule has 0 spiro atoms. The summed E-state index contributed by atoms with van der Waals surface area (Å²) in [6.45, 7) is 7.95. The highest BCUT2D eigenvalue weighted by Gasteiger charge is 2.20. The summed E-state index contributed by atoms with van der Waals surface area (Å²) in [6.07, 6.45) is 0.292. The summed E-state index contributed by atoms with van der Waals surface area (Å²) >= 11 is 0. The average molecular weight is 525 g/mol. The summed E-state index contributed by atoms with van der Waals surface area (Å²) in [4.78, 5) is 26.0. The first-order chi connectivity index (χ1) is 18.7. The van der Waals surface area contributed by atoms with E-state index in [0.29, 0.717) is 29.2 Å². The van der Waals surface area contributed by atoms with E-state index in [1.54, 1.807) is 15.6 Å². The number of nitrogens with zero attached hydrogens (tertiary/aromatic N) is 4. The number of benzene rings is 3. The molecule has 1 heterocycles. The predicted molar refractivity (Wildman–Crippen MR) is 152 cm³/mol. The highest BCUT2D eigenvalue weighted by molar-refractivity contribution is 5.87. The number of amides is 2. The quantitative estimate of drug-likeness (QED) is 0.284. The highest BCUT2D eigenvalue weighted by atomic mass is 16.6. The topological polar surface area (TPSA) is 112 Å². The maximum atomic E-state index is 12.3. The van der Waals surface area contributed by atoms with Crippen molar-refractivity contribution in [1.29, 1.82) is 5.26 Å². The number of ether oxygens (including phenoxy) is 1. The third-order valence-corrected chi connectivity index (χ3v) is 5.94. The largest absolute Gasteiger partial charge is 0.444 e. The van der Waals surface area contributed by atoms with Crippen molar-refractivity contribution in [2.75, 3.05) is 16.8 Å². The first-order valence-electron chi connectivity index (χ1n) is 12.7. The van der Waals surface area contributed by atoms with Gasteiger partial charge in [0.1, 0.15) is 11.7 Å². The number of nitrogens with one attached hydrogen (secondary N) is 2. The van der Waals surface area contributed by atoms with E-state index in [0.717, 1.165) is 23.0 Å². The van der Waals surface area contributed by atoms with Crippen molar-refractivity contribution in [3.63, 3.8) is 0 Å². The number of rotatable bonds is 9. The summed E-state index contributed by atoms with van der Waals surface area (Å²) < 4.78 is 7.08. The van der Waals surface area contributed by atoms with Crippen molar-refractivity contribution in [3.8, 4) is 11.8 Å². The Morgan fingerprint density at radius 1 is 1.10 bits per heavy atom. The zero-order valence-electron chi connectivity index (χ0n) is 22.5. The molecule has 9 heteroatoms. The van der Waals surface area contributed by atoms with E-state index >= 15 is 0 Å². The van der Waals surface area contributed by atoms with Crippen molar-refractivity contribution in [2.45, 2.75) is 45.9 Å². The highest BCUT2D eigenvalue weighted by Crippen LogP contribution is 2.29. The lowest BCUT2D eigenvalue weighted by Gasteiger charge is -2.24. The third kappa shape index (κ3) is 6.54. The maximum Gasteiger partial charge on any atom is 0.407 e. The minimum atomic E-state index is -0.581. The van der Waals surface area contributed by atoms with Gasteiger partial charge in [0.05, 0.1) is 40.4 Å². The number of carbonyl (C=O) groups is 2. The Bertz CT molecular complexity index is 1520. The number of nitriles is 1. The normalized spacial score (nSPS) is 11.9. The number of anilines is 2. The van der Waals surface area contributed by atoms with Gasteiger partial charge in [0.25, 0.3) is 0 Å². The fourth-order valence-electron chi connectivity index (χ4n) is 4.22. The van der Waals surface area contributed by atoms with Crippen LogP contribution >= 0.6 is 0 Å². The number of alkyl carbamates (subject to hydrolysis) is 1. The molecule has 0 saturated carbocycles. The Morgan fingerprint density at radius 3 is 2.54 bits per heavy atom. The Morgan fingerprint density at radius 2 is 1.79 bits per heavy atom. The van der Waals surface area contributed by atoms with Crippen LogP contribution in [0.3, 0.4) is 0 Å². The molecular formula is C30H32N6O3. The molecule has 4 rings (SSSR count). The Balaban J connectivity index is 1.57. The van der Waals surface area contributed by atoms with Crippen LogP contribution in [-0.2, 0) is 16.1 Å². The standard InChI is InChI=1S/C30H32N6O3/c1-21(33-29(38)39-30(2,3)4)18-32-24-13-7-10-16-28(24)35(20-37)19-25-23-12-6-9-15-27(23)36(34-25)26-14-8-5-11-22(26)17-31/h5-16,20-21,32H,18-19H2,1-4H3,(H,33,38). The van der Waals surface area contributed by atoms with Crippen LogP contribution < -0.4 is 15.5 Å². The average Bonchev–Trinajstić information content (AvgIpc) is 3.27. The van der Waals surface area contributed by atoms with Crippen LogP contribution in [0.1, 0.15) is 39.0 Å². The Kier molecular flexibility index (Phi) is 8.15. The van der Waals surface area contributed by atoms with Crippen molar-refractivity contribution in [2.24, 2.45) is 0 Å². The number of hydrogen-bond acceptors (Lipinski definition) is 6. The van der Waals surface area contributed by atoms with E-state index in [2.05, 4.69) is 16.7 Å². The molecule has 0 aliphatic rings. The molecule has 2 N–H and O–H groups in total. The van der Waals surface area contributed by atoms with E-state index < -0.39 is 11.7 Å². The summed E-state index contributed by atoms with van der Waals surface area (Å²) in [5.74, 6) is 0. The van der Waals surface area contributed by atoms with E-state index in [1.165, 1.54) is 0 Å². The molecule has 1 aromatic heterocycles. The number of carbonyl (C=O) groups excluding carboxylic acids is 2. The van der Waals surface area contributed by atoms with Gasteiger partial charge in [-0.2, -0.15) is 10.4 Å². The van der Waals surface area contributed by atoms with Gasteiger partial charge in [0.2, 0.25) is 6.41 Å². The maximum absolute atomic E-state index is 12.3. The van der Waals surface area contributed by atoms with Gasteiger partial charge in [-0.05, 0) is 58.0 Å². The van der Waals surface area contributed by atoms with Gasteiger partial charge in [-0.1, -0.05) is 42.5 Å². The molecule has 0 fully saturated rings. The summed E-state index contributed by atoms with van der Waals surface area (Å²) in [5.41, 5.74) is 3.55. The van der Waals surface area contributed by atoms with Gasteiger partial charge in [-0.15, -0.1) is 0 Å². The summed E-state index contributed by atoms with van der Waals surface area (Å²) in [7, 11) is 0. The molecule has 4 aromatic rings. The van der Waals surface area contributed by atoms with Crippen molar-refractivity contribution >= 4 is 34.8 Å². The molecule has 3 aromatic carbocycles. The van der Waals surface area contributed by atoms with Crippen molar-refractivity contribution < 1.29 is 14.3 Å². The molecule has 0 aliphatic carbocycles. The van der Waals surface area contributed by atoms with Crippen LogP contribution in [0, 0.1) is 11.3 Å². The van der Waals surface area contributed by atoms with Crippen LogP contribution in [0.2, 0.25) is 0 Å². The molecule has 200 valence electrons. The van der Waals surface area contributed by atoms with Crippen molar-refractivity contribution in [3.05, 3.63) is 84.1 Å². The molecule has 1 atom stereocenters. The monoisotopic (exact) mass is 524 g/mol. The number of aromatic nitrogens is 2. The molecule has 2 amide bonds. The minimum absolute atomic E-state index is 0.218. The number of hydrogen-bond donors (Lipinski definition) is 2. The van der Waals surface area contributed by atoms with Crippen molar-refractivity contribution in [1.82, 2.24) is 15.1 Å². The third-order valence-electron chi connectivity index (χ3n) is 5.94. The predicted octanol–water partition coefficient (Wildman–Crippen LogP) is 5.39. The molecule has 0 saturated heterocycles. The Hall–Kier alpha value is -4.84. The fraction of sp³-hybridized carbons (Fsp3) is 0.267. The van der Waals surface area contributed by atoms with Crippen LogP contribution in [0.5, 0.6) is 0 Å². The SMILES string of the molecule is CC(CNc1ccccc1N(C=O)Cc1nn(-c2ccccc2C#N)c2ccccc12)NC(=O)OC(C)(C)C. The molecular weight excluding hydrogens is 492 g/mol. The van der Waals surface area contributed by atoms with Gasteiger partial charge in [-0.25, -0.2) is 9.48 Å². The van der Waals surface area contributed by atoms with Gasteiger partial charge in [0, 0.05) is 18.0 Å². The van der Waals surface area contributed by atoms with Gasteiger partial charge in [-0.3, -0.25) is 4.79 Å². The first-order valence-corrected chi connectivity index (χ1v) is 12.7. The lowest BCUT2D eigenvalue weighted by atomic mass is 10.1. The van der Waals surface area contributed by atoms with E-state index in [4.69, 9.17) is 9.84 Å². The zero-order valence-corrected chi connectivity index (χ0v) is 22.5. The molecule has 0 radical (unpaired) electrons. The van der Waals surface area contributed by atoms with Crippen LogP contribution in [0.15, 0.2) is 72.8 Å². The second kappa shape index (κ2) is 11.7. The second-order valence-electron chi connectivity index (χ2n) is 10.2. The Labute approximate surface area is 228 Å². The summed E-state index contributed by atoms with van der Waals surface area (Å²) in [6, 6.07) is 24.5. The minimum Gasteiger partial charge on any atom is -0.444 e. The van der Waals surface area contributed by atoms with Crippen LogP contribution in [-0.4, -0.2) is 40.5 Å². The van der Waals surface area contributed by atoms with Crippen LogP contribution in [0.4, 0.5) is 16.2 Å².